The van der Waals surface area contributed by atoms with Crippen molar-refractivity contribution in [2.75, 3.05) is 0 Å². The fraction of sp³-hybridized carbons (Fsp3) is 0.300. The van der Waals surface area contributed by atoms with Crippen LogP contribution in [0.4, 0.5) is 13.2 Å². The Kier molecular flexibility index (Phi) is 6.65. The number of aromatic nitrogens is 4. The molecule has 0 fully saturated rings. The topological polar surface area (TPSA) is 74.4 Å². The van der Waals surface area contributed by atoms with Crippen LogP contribution in [0.2, 0.25) is 0 Å². The van der Waals surface area contributed by atoms with Crippen LogP contribution in [-0.2, 0) is 30.8 Å². The van der Waals surface area contributed by atoms with Crippen molar-refractivity contribution in [2.24, 2.45) is 5.16 Å². The molecule has 0 aliphatic carbocycles. The van der Waals surface area contributed by atoms with Crippen LogP contribution in [0.3, 0.4) is 0 Å². The van der Waals surface area contributed by atoms with Gasteiger partial charge in [0.2, 0.25) is 0 Å². The molecule has 0 unspecified atom stereocenters. The minimum atomic E-state index is -4.35. The van der Waals surface area contributed by atoms with E-state index in [4.69, 9.17) is 9.57 Å². The molecule has 0 N–H and O–H groups in total. The van der Waals surface area contributed by atoms with Gasteiger partial charge in [-0.2, -0.15) is 13.2 Å². The number of oxime groups is 1. The molecule has 158 valence electrons. The van der Waals surface area contributed by atoms with Gasteiger partial charge in [-0.3, -0.25) is 0 Å². The molecule has 0 saturated heterocycles. The molecule has 0 saturated carbocycles. The first-order valence-corrected chi connectivity index (χ1v) is 9.17. The molecular formula is C20H20F3N5O2. The van der Waals surface area contributed by atoms with Crippen LogP contribution in [0.5, 0.6) is 5.75 Å². The molecule has 0 aliphatic rings. The minimum Gasteiger partial charge on any atom is -0.486 e. The van der Waals surface area contributed by atoms with Crippen molar-refractivity contribution in [1.82, 2.24) is 20.2 Å². The second kappa shape index (κ2) is 9.38. The van der Waals surface area contributed by atoms with E-state index in [0.717, 1.165) is 17.7 Å². The summed E-state index contributed by atoms with van der Waals surface area (Å²) in [5, 5.41) is 15.4. The maximum Gasteiger partial charge on any atom is 0.416 e. The van der Waals surface area contributed by atoms with E-state index in [1.54, 1.807) is 23.7 Å². The first-order chi connectivity index (χ1) is 14.4. The number of aryl methyl sites for hydroxylation is 1. The highest BCUT2D eigenvalue weighted by Crippen LogP contribution is 2.29. The summed E-state index contributed by atoms with van der Waals surface area (Å²) >= 11 is 0. The fourth-order valence-electron chi connectivity index (χ4n) is 2.56. The van der Waals surface area contributed by atoms with Crippen LogP contribution in [0.1, 0.15) is 36.4 Å². The summed E-state index contributed by atoms with van der Waals surface area (Å²) in [6, 6.07) is 12.0. The summed E-state index contributed by atoms with van der Waals surface area (Å²) < 4.78 is 45.1. The molecule has 0 radical (unpaired) electrons. The molecule has 1 aromatic heterocycles. The number of halogens is 3. The second-order valence-corrected chi connectivity index (χ2v) is 6.37. The van der Waals surface area contributed by atoms with Crippen molar-refractivity contribution in [3.05, 3.63) is 71.0 Å². The number of benzene rings is 2. The van der Waals surface area contributed by atoms with Gasteiger partial charge in [0, 0.05) is 6.54 Å². The highest BCUT2D eigenvalue weighted by atomic mass is 19.4. The maximum absolute atomic E-state index is 12.6. The Bertz CT molecular complexity index is 983. The van der Waals surface area contributed by atoms with Gasteiger partial charge in [-0.25, -0.2) is 4.68 Å². The van der Waals surface area contributed by atoms with E-state index in [-0.39, 0.29) is 13.2 Å². The third kappa shape index (κ3) is 5.56. The lowest BCUT2D eigenvalue weighted by atomic mass is 10.1. The van der Waals surface area contributed by atoms with Crippen molar-refractivity contribution < 1.29 is 22.7 Å². The van der Waals surface area contributed by atoms with Crippen LogP contribution >= 0.6 is 0 Å². The molecule has 30 heavy (non-hydrogen) atoms. The van der Waals surface area contributed by atoms with Gasteiger partial charge in [0.05, 0.1) is 11.3 Å². The Labute approximate surface area is 171 Å². The van der Waals surface area contributed by atoms with Gasteiger partial charge in [0.25, 0.3) is 0 Å². The number of hydrogen-bond acceptors (Lipinski definition) is 6. The molecule has 0 bridgehead atoms. The molecule has 10 heteroatoms. The summed E-state index contributed by atoms with van der Waals surface area (Å²) in [4.78, 5) is 5.26. The lowest BCUT2D eigenvalue weighted by Crippen LogP contribution is -2.07. The molecular weight excluding hydrogens is 399 g/mol. The molecule has 2 aromatic carbocycles. The van der Waals surface area contributed by atoms with E-state index in [1.807, 2.05) is 19.1 Å². The lowest BCUT2D eigenvalue weighted by molar-refractivity contribution is -0.137. The minimum absolute atomic E-state index is 0.0722. The summed E-state index contributed by atoms with van der Waals surface area (Å²) in [5.41, 5.74) is 1.36. The van der Waals surface area contributed by atoms with Gasteiger partial charge in [0.15, 0.2) is 5.82 Å². The number of nitrogens with zero attached hydrogens (tertiary/aromatic N) is 5. The lowest BCUT2D eigenvalue weighted by Gasteiger charge is -2.08. The molecule has 1 heterocycles. The normalized spacial score (nSPS) is 12.1. The van der Waals surface area contributed by atoms with E-state index < -0.39 is 11.7 Å². The quantitative estimate of drug-likeness (QED) is 0.404. The Morgan fingerprint density at radius 1 is 1.03 bits per heavy atom. The van der Waals surface area contributed by atoms with E-state index in [9.17, 15) is 13.2 Å². The second-order valence-electron chi connectivity index (χ2n) is 6.37. The first-order valence-electron chi connectivity index (χ1n) is 9.17. The first kappa shape index (κ1) is 21.3. The molecule has 3 rings (SSSR count). The van der Waals surface area contributed by atoms with E-state index in [1.165, 1.54) is 12.1 Å². The zero-order valence-corrected chi connectivity index (χ0v) is 16.4. The van der Waals surface area contributed by atoms with Gasteiger partial charge < -0.3 is 9.57 Å². The number of tetrazole rings is 1. The third-order valence-electron chi connectivity index (χ3n) is 4.26. The molecule has 0 spiro atoms. The van der Waals surface area contributed by atoms with Gasteiger partial charge >= 0.3 is 6.18 Å². The van der Waals surface area contributed by atoms with Crippen molar-refractivity contribution in [1.29, 1.82) is 0 Å². The van der Waals surface area contributed by atoms with Crippen LogP contribution in [-0.4, -0.2) is 25.9 Å². The number of rotatable bonds is 8. The van der Waals surface area contributed by atoms with Crippen LogP contribution in [0.25, 0.3) is 0 Å². The molecule has 0 aliphatic heterocycles. The predicted octanol–water partition coefficient (Wildman–Crippen LogP) is 4.23. The molecule has 3 aromatic rings. The van der Waals surface area contributed by atoms with Crippen LogP contribution < -0.4 is 4.74 Å². The smallest absolute Gasteiger partial charge is 0.416 e. The Balaban J connectivity index is 1.52. The largest absolute Gasteiger partial charge is 0.486 e. The number of alkyl halides is 3. The van der Waals surface area contributed by atoms with E-state index in [2.05, 4.69) is 20.7 Å². The maximum atomic E-state index is 12.6. The monoisotopic (exact) mass is 419 g/mol. The zero-order valence-electron chi connectivity index (χ0n) is 16.4. The summed E-state index contributed by atoms with van der Waals surface area (Å²) in [5.74, 6) is 1.29. The van der Waals surface area contributed by atoms with Crippen molar-refractivity contribution in [3.63, 3.8) is 0 Å². The Morgan fingerprint density at radius 2 is 1.73 bits per heavy atom. The molecule has 0 atom stereocenters. The average molecular weight is 419 g/mol. The zero-order chi connectivity index (χ0) is 21.6. The van der Waals surface area contributed by atoms with Crippen molar-refractivity contribution in [2.45, 2.75) is 39.8 Å². The number of ether oxygens (including phenoxy) is 1. The van der Waals surface area contributed by atoms with E-state index >= 15 is 0 Å². The van der Waals surface area contributed by atoms with Crippen molar-refractivity contribution >= 4 is 5.71 Å². The average Bonchev–Trinajstić information content (AvgIpc) is 3.20. The number of hydrogen-bond donors (Lipinski definition) is 0. The van der Waals surface area contributed by atoms with Gasteiger partial charge in [-0.15, -0.1) is 5.10 Å². The van der Waals surface area contributed by atoms with Crippen LogP contribution in [0, 0.1) is 0 Å². The van der Waals surface area contributed by atoms with Gasteiger partial charge in [0.1, 0.15) is 19.0 Å². The SMILES string of the molecule is CCn1nnnc1COc1ccc(/C(C)=N/OCc2ccc(C(F)(F)F)cc2)cc1. The predicted molar refractivity (Wildman–Crippen MR) is 103 cm³/mol. The summed E-state index contributed by atoms with van der Waals surface area (Å²) in [6.45, 7) is 4.70. The fourth-order valence-corrected chi connectivity index (χ4v) is 2.56. The van der Waals surface area contributed by atoms with Crippen LogP contribution in [0.15, 0.2) is 53.7 Å². The Hall–Kier alpha value is -3.43. The standard InChI is InChI=1S/C20H20F3N5O2/c1-3-28-19(24-26-27-28)13-29-18-10-6-16(7-11-18)14(2)25-30-12-15-4-8-17(9-5-15)20(21,22)23/h4-11H,3,12-13H2,1-2H3/b25-14+. The van der Waals surface area contributed by atoms with Gasteiger partial charge in [-0.05, 0) is 71.8 Å². The summed E-state index contributed by atoms with van der Waals surface area (Å²) in [6.07, 6.45) is -4.35. The highest BCUT2D eigenvalue weighted by Gasteiger charge is 2.29. The highest BCUT2D eigenvalue weighted by molar-refractivity contribution is 5.98. The van der Waals surface area contributed by atoms with E-state index in [0.29, 0.717) is 29.4 Å². The molecule has 7 nitrogen and oxygen atoms in total. The van der Waals surface area contributed by atoms with Gasteiger partial charge in [-0.1, -0.05) is 17.3 Å². The Morgan fingerprint density at radius 3 is 2.37 bits per heavy atom. The summed E-state index contributed by atoms with van der Waals surface area (Å²) in [7, 11) is 0. The van der Waals surface area contributed by atoms with Crippen molar-refractivity contribution in [3.8, 4) is 5.75 Å². The third-order valence-corrected chi connectivity index (χ3v) is 4.26. The molecule has 0 amide bonds.